The molecule has 1 nitrogen and oxygen atoms in total. The lowest BCUT2D eigenvalue weighted by Crippen LogP contribution is -2.50. The maximum atomic E-state index is 12.1. The Morgan fingerprint density at radius 3 is 2.47 bits per heavy atom. The zero-order valence-electron chi connectivity index (χ0n) is 20.5. The van der Waals surface area contributed by atoms with E-state index in [2.05, 4.69) is 59.8 Å². The summed E-state index contributed by atoms with van der Waals surface area (Å²) in [4.78, 5) is 12.1. The van der Waals surface area contributed by atoms with E-state index in [9.17, 15) is 4.79 Å². The molecule has 0 aromatic rings. The third-order valence-electron chi connectivity index (χ3n) is 10.7. The summed E-state index contributed by atoms with van der Waals surface area (Å²) in [6.45, 7) is 14.7. The van der Waals surface area contributed by atoms with Crippen LogP contribution in [0.2, 0.25) is 0 Å². The molecule has 0 amide bonds. The van der Waals surface area contributed by atoms with Gasteiger partial charge in [-0.2, -0.15) is 0 Å². The minimum atomic E-state index is 0.313. The summed E-state index contributed by atoms with van der Waals surface area (Å²) in [5, 5.41) is 0. The topological polar surface area (TPSA) is 17.1 Å². The van der Waals surface area contributed by atoms with E-state index in [0.29, 0.717) is 22.5 Å². The van der Waals surface area contributed by atoms with Crippen LogP contribution in [-0.4, -0.2) is 5.78 Å². The van der Waals surface area contributed by atoms with Crippen molar-refractivity contribution < 1.29 is 4.79 Å². The van der Waals surface area contributed by atoms with Crippen LogP contribution in [0.1, 0.15) is 99.3 Å². The quantitative estimate of drug-likeness (QED) is 0.419. The van der Waals surface area contributed by atoms with E-state index >= 15 is 0 Å². The second-order valence-electron chi connectivity index (χ2n) is 12.3. The molecule has 4 rings (SSSR count). The van der Waals surface area contributed by atoms with E-state index in [1.807, 2.05) is 0 Å². The van der Waals surface area contributed by atoms with Crippen LogP contribution >= 0.6 is 0 Å². The lowest BCUT2D eigenvalue weighted by atomic mass is 9.46. The minimum Gasteiger partial charge on any atom is -0.295 e. The SMILES string of the molecule is CC[C@@H](/C=C/[C@H](C)[C@@H]1CC[C@@H]2[C@H]3CCC4=CC(=O)CCC4(C)[C@@H]3CCC21C)C(C)C. The van der Waals surface area contributed by atoms with E-state index in [1.54, 1.807) is 0 Å². The zero-order valence-corrected chi connectivity index (χ0v) is 20.5. The molecule has 168 valence electrons. The van der Waals surface area contributed by atoms with Crippen molar-refractivity contribution in [2.24, 2.45) is 52.3 Å². The Morgan fingerprint density at radius 1 is 1.00 bits per heavy atom. The molecule has 0 aromatic heterocycles. The largest absolute Gasteiger partial charge is 0.295 e. The van der Waals surface area contributed by atoms with Crippen LogP contribution in [-0.2, 0) is 4.79 Å². The molecule has 8 atom stereocenters. The van der Waals surface area contributed by atoms with Gasteiger partial charge in [0.2, 0.25) is 0 Å². The van der Waals surface area contributed by atoms with Gasteiger partial charge in [0, 0.05) is 6.42 Å². The van der Waals surface area contributed by atoms with Crippen molar-refractivity contribution >= 4 is 5.78 Å². The first-order valence-electron chi connectivity index (χ1n) is 13.1. The molecule has 3 saturated carbocycles. The fourth-order valence-corrected chi connectivity index (χ4v) is 8.75. The smallest absolute Gasteiger partial charge is 0.155 e. The second-order valence-corrected chi connectivity index (χ2v) is 12.3. The van der Waals surface area contributed by atoms with Gasteiger partial charge in [-0.05, 0) is 110 Å². The van der Waals surface area contributed by atoms with Gasteiger partial charge < -0.3 is 0 Å². The maximum absolute atomic E-state index is 12.1. The summed E-state index contributed by atoms with van der Waals surface area (Å²) in [7, 11) is 0. The number of carbonyl (C=O) groups excluding carboxylic acids is 1. The van der Waals surface area contributed by atoms with E-state index in [-0.39, 0.29) is 0 Å². The Hall–Kier alpha value is -0.850. The van der Waals surface area contributed by atoms with Crippen LogP contribution in [0.15, 0.2) is 23.8 Å². The molecular weight excluding hydrogens is 364 g/mol. The van der Waals surface area contributed by atoms with E-state index in [0.717, 1.165) is 48.3 Å². The lowest BCUT2D eigenvalue weighted by Gasteiger charge is -2.58. The van der Waals surface area contributed by atoms with E-state index in [1.165, 1.54) is 50.5 Å². The summed E-state index contributed by atoms with van der Waals surface area (Å²) in [6.07, 6.45) is 18.5. The van der Waals surface area contributed by atoms with Gasteiger partial charge in [-0.15, -0.1) is 0 Å². The normalized spacial score (nSPS) is 43.2. The van der Waals surface area contributed by atoms with Gasteiger partial charge in [0.1, 0.15) is 0 Å². The Morgan fingerprint density at radius 2 is 1.77 bits per heavy atom. The molecule has 4 aliphatic carbocycles. The summed E-state index contributed by atoms with van der Waals surface area (Å²) >= 11 is 0. The van der Waals surface area contributed by atoms with Gasteiger partial charge in [-0.1, -0.05) is 59.3 Å². The molecule has 0 radical (unpaired) electrons. The van der Waals surface area contributed by atoms with Crippen LogP contribution < -0.4 is 0 Å². The lowest BCUT2D eigenvalue weighted by molar-refractivity contribution is -0.117. The molecule has 0 heterocycles. The second kappa shape index (κ2) is 8.25. The molecule has 0 bridgehead atoms. The third kappa shape index (κ3) is 3.57. The molecule has 2 unspecified atom stereocenters. The number of allylic oxidation sites excluding steroid dienone is 3. The highest BCUT2D eigenvalue weighted by molar-refractivity contribution is 5.91. The van der Waals surface area contributed by atoms with Crippen molar-refractivity contribution in [3.63, 3.8) is 0 Å². The maximum Gasteiger partial charge on any atom is 0.155 e. The number of rotatable bonds is 5. The molecule has 0 aliphatic heterocycles. The predicted molar refractivity (Wildman–Crippen MR) is 127 cm³/mol. The van der Waals surface area contributed by atoms with Gasteiger partial charge >= 0.3 is 0 Å². The summed E-state index contributed by atoms with van der Waals surface area (Å²) in [5.74, 6) is 6.01. The highest BCUT2D eigenvalue weighted by Crippen LogP contribution is 2.67. The van der Waals surface area contributed by atoms with Crippen molar-refractivity contribution in [2.45, 2.75) is 99.3 Å². The van der Waals surface area contributed by atoms with Crippen LogP contribution in [0.4, 0.5) is 0 Å². The monoisotopic (exact) mass is 410 g/mol. The molecule has 4 aliphatic rings. The molecule has 1 heteroatoms. The van der Waals surface area contributed by atoms with Crippen LogP contribution in [0, 0.1) is 52.3 Å². The first-order chi connectivity index (χ1) is 14.2. The van der Waals surface area contributed by atoms with Crippen molar-refractivity contribution in [2.75, 3.05) is 0 Å². The number of carbonyl (C=O) groups is 1. The Labute approximate surface area is 186 Å². The standard InChI is InChI=1S/C29H46O/c1-7-21(19(2)3)9-8-20(4)25-12-13-26-24-11-10-22-18-23(30)14-16-28(22,5)27(24)15-17-29(25,26)6/h8-9,18-21,24-27H,7,10-17H2,1-6H3/b9-8+/t20-,21-,24+,25-,26+,27+,28?,29?/m0/s1. The first-order valence-corrected chi connectivity index (χ1v) is 13.1. The molecule has 0 aromatic carbocycles. The van der Waals surface area contributed by atoms with Crippen molar-refractivity contribution in [1.29, 1.82) is 0 Å². The van der Waals surface area contributed by atoms with E-state index < -0.39 is 0 Å². The number of fused-ring (bicyclic) bond motifs is 5. The Balaban J connectivity index is 1.52. The van der Waals surface area contributed by atoms with Crippen molar-refractivity contribution in [3.05, 3.63) is 23.8 Å². The van der Waals surface area contributed by atoms with Crippen LogP contribution in [0.5, 0.6) is 0 Å². The highest BCUT2D eigenvalue weighted by atomic mass is 16.1. The summed E-state index contributed by atoms with van der Waals surface area (Å²) < 4.78 is 0. The van der Waals surface area contributed by atoms with Gasteiger partial charge in [-0.25, -0.2) is 0 Å². The van der Waals surface area contributed by atoms with Gasteiger partial charge in [0.15, 0.2) is 5.78 Å². The van der Waals surface area contributed by atoms with Gasteiger partial charge in [0.05, 0.1) is 0 Å². The summed E-state index contributed by atoms with van der Waals surface area (Å²) in [5.41, 5.74) is 2.34. The molecule has 30 heavy (non-hydrogen) atoms. The van der Waals surface area contributed by atoms with Crippen LogP contribution in [0.25, 0.3) is 0 Å². The predicted octanol–water partition coefficient (Wildman–Crippen LogP) is 8.01. The number of hydrogen-bond acceptors (Lipinski definition) is 1. The van der Waals surface area contributed by atoms with Gasteiger partial charge in [0.25, 0.3) is 0 Å². The molecule has 0 saturated heterocycles. The summed E-state index contributed by atoms with van der Waals surface area (Å²) in [6, 6.07) is 0. The Bertz CT molecular complexity index is 714. The van der Waals surface area contributed by atoms with E-state index in [4.69, 9.17) is 0 Å². The average molecular weight is 411 g/mol. The fourth-order valence-electron chi connectivity index (χ4n) is 8.75. The third-order valence-corrected chi connectivity index (χ3v) is 10.7. The first kappa shape index (κ1) is 22.3. The molecule has 0 N–H and O–H groups in total. The molecule has 3 fully saturated rings. The number of hydrogen-bond donors (Lipinski definition) is 0. The number of ketones is 1. The molecule has 0 spiro atoms. The zero-order chi connectivity index (χ0) is 21.7. The fraction of sp³-hybridized carbons (Fsp3) is 0.828. The van der Waals surface area contributed by atoms with Gasteiger partial charge in [-0.3, -0.25) is 4.79 Å². The molecular formula is C29H46O. The van der Waals surface area contributed by atoms with Crippen molar-refractivity contribution in [3.8, 4) is 0 Å². The average Bonchev–Trinajstić information content (AvgIpc) is 3.06. The minimum absolute atomic E-state index is 0.313. The van der Waals surface area contributed by atoms with Crippen molar-refractivity contribution in [1.82, 2.24) is 0 Å². The van der Waals surface area contributed by atoms with Crippen LogP contribution in [0.3, 0.4) is 0 Å². The Kier molecular flexibility index (Phi) is 6.15. The highest BCUT2D eigenvalue weighted by Gasteiger charge is 2.59.